The van der Waals surface area contributed by atoms with Crippen LogP contribution < -0.4 is 4.74 Å². The fourth-order valence-electron chi connectivity index (χ4n) is 3.54. The Kier molecular flexibility index (Phi) is 7.50. The monoisotopic (exact) mass is 458 g/mol. The number of aliphatic carboxylic acids is 1. The number of rotatable bonds is 4. The van der Waals surface area contributed by atoms with Crippen molar-refractivity contribution in [3.05, 3.63) is 46.8 Å². The average molecular weight is 458 g/mol. The third-order valence-corrected chi connectivity index (χ3v) is 5.62. The fourth-order valence-corrected chi connectivity index (χ4v) is 4.21. The van der Waals surface area contributed by atoms with Crippen molar-refractivity contribution in [3.63, 3.8) is 0 Å². The number of halogens is 3. The quantitative estimate of drug-likeness (QED) is 0.757. The Balaban J connectivity index is 0.000000339. The zero-order valence-corrected chi connectivity index (χ0v) is 17.1. The summed E-state index contributed by atoms with van der Waals surface area (Å²) in [5.74, 6) is -2.02. The maximum atomic E-state index is 12.8. The molecule has 7 nitrogen and oxygen atoms in total. The predicted molar refractivity (Wildman–Crippen MR) is 105 cm³/mol. The third-order valence-electron chi connectivity index (χ3n) is 4.89. The van der Waals surface area contributed by atoms with Crippen molar-refractivity contribution < 1.29 is 37.3 Å². The lowest BCUT2D eigenvalue weighted by Gasteiger charge is -2.32. The zero-order valence-electron chi connectivity index (χ0n) is 16.3. The van der Waals surface area contributed by atoms with E-state index in [0.717, 1.165) is 25.0 Å². The number of amides is 1. The number of hydrogen-bond donors (Lipinski definition) is 1. The third kappa shape index (κ3) is 6.17. The van der Waals surface area contributed by atoms with Crippen molar-refractivity contribution in [3.8, 4) is 5.88 Å². The van der Waals surface area contributed by atoms with Gasteiger partial charge in [0, 0.05) is 18.9 Å². The van der Waals surface area contributed by atoms with E-state index in [0.29, 0.717) is 18.8 Å². The lowest BCUT2D eigenvalue weighted by atomic mass is 10.0. The lowest BCUT2D eigenvalue weighted by Crippen LogP contribution is -2.44. The molecule has 2 aromatic rings. The molecule has 31 heavy (non-hydrogen) atoms. The van der Waals surface area contributed by atoms with Gasteiger partial charge in [0.15, 0.2) is 0 Å². The molecule has 0 aliphatic carbocycles. The van der Waals surface area contributed by atoms with Gasteiger partial charge in [0.1, 0.15) is 12.2 Å². The van der Waals surface area contributed by atoms with Gasteiger partial charge in [0.2, 0.25) is 11.8 Å². The zero-order chi connectivity index (χ0) is 22.4. The second-order valence-corrected chi connectivity index (χ2v) is 7.81. The van der Waals surface area contributed by atoms with Crippen molar-refractivity contribution in [1.82, 2.24) is 9.88 Å². The summed E-state index contributed by atoms with van der Waals surface area (Å²) in [7, 11) is 0. The first kappa shape index (κ1) is 23.0. The maximum absolute atomic E-state index is 12.8. The molecule has 0 aromatic carbocycles. The summed E-state index contributed by atoms with van der Waals surface area (Å²) in [5.41, 5.74) is 1.08. The molecule has 2 aliphatic heterocycles. The Hall–Kier alpha value is -2.66. The second-order valence-electron chi connectivity index (χ2n) is 7.03. The van der Waals surface area contributed by atoms with Crippen LogP contribution in [0.1, 0.15) is 18.4 Å². The van der Waals surface area contributed by atoms with Gasteiger partial charge < -0.3 is 19.5 Å². The van der Waals surface area contributed by atoms with Crippen LogP contribution in [-0.4, -0.2) is 64.4 Å². The number of thiophene rings is 1. The molecule has 3 atom stereocenters. The smallest absolute Gasteiger partial charge is 0.475 e. The number of carbonyl (C=O) groups excluding carboxylic acids is 1. The molecule has 0 radical (unpaired) electrons. The standard InChI is InChI=1S/C18H20N2O3S.C2HF3O2/c21-17(10-13-6-9-24-12-13)20-11-15(18-14(20)4-3-8-22-18)23-16-5-1-2-7-19-16;3-2(4,5)1(6)7/h1-2,5-7,9,12,14-15,18H,3-4,8,10-11H2;(H,6,7)/t14-,15+,18+;/m1./s1. The topological polar surface area (TPSA) is 89.0 Å². The van der Waals surface area contributed by atoms with E-state index in [1.54, 1.807) is 17.5 Å². The highest BCUT2D eigenvalue weighted by molar-refractivity contribution is 7.08. The molecule has 0 spiro atoms. The summed E-state index contributed by atoms with van der Waals surface area (Å²) in [5, 5.41) is 11.2. The molecule has 0 saturated carbocycles. The van der Waals surface area contributed by atoms with Crippen LogP contribution in [0, 0.1) is 0 Å². The largest absolute Gasteiger partial charge is 0.490 e. The van der Waals surface area contributed by atoms with Crippen molar-refractivity contribution in [2.45, 2.75) is 43.7 Å². The number of fused-ring (bicyclic) bond motifs is 1. The van der Waals surface area contributed by atoms with E-state index in [2.05, 4.69) is 4.98 Å². The van der Waals surface area contributed by atoms with Gasteiger partial charge in [0.25, 0.3) is 0 Å². The summed E-state index contributed by atoms with van der Waals surface area (Å²) < 4.78 is 43.7. The van der Waals surface area contributed by atoms with E-state index < -0.39 is 12.1 Å². The molecule has 4 heterocycles. The molecule has 11 heteroatoms. The van der Waals surface area contributed by atoms with Crippen LogP contribution in [0.5, 0.6) is 5.88 Å². The highest BCUT2D eigenvalue weighted by Crippen LogP contribution is 2.31. The predicted octanol–water partition coefficient (Wildman–Crippen LogP) is 3.16. The number of alkyl halides is 3. The van der Waals surface area contributed by atoms with E-state index in [9.17, 15) is 18.0 Å². The Labute approximate surface area is 180 Å². The number of pyridine rings is 1. The van der Waals surface area contributed by atoms with Gasteiger partial charge in [-0.3, -0.25) is 4.79 Å². The van der Waals surface area contributed by atoms with Crippen molar-refractivity contribution >= 4 is 23.2 Å². The molecule has 1 amide bonds. The van der Waals surface area contributed by atoms with Crippen LogP contribution >= 0.6 is 11.3 Å². The van der Waals surface area contributed by atoms with Crippen molar-refractivity contribution in [2.75, 3.05) is 13.2 Å². The van der Waals surface area contributed by atoms with Gasteiger partial charge >= 0.3 is 12.1 Å². The van der Waals surface area contributed by atoms with E-state index in [1.165, 1.54) is 0 Å². The number of ether oxygens (including phenoxy) is 2. The molecule has 168 valence electrons. The number of hydrogen-bond acceptors (Lipinski definition) is 6. The summed E-state index contributed by atoms with van der Waals surface area (Å²) in [4.78, 5) is 27.8. The van der Waals surface area contributed by atoms with Gasteiger partial charge in [-0.05, 0) is 41.3 Å². The first-order valence-corrected chi connectivity index (χ1v) is 10.5. The molecule has 2 fully saturated rings. The Morgan fingerprint density at radius 1 is 1.32 bits per heavy atom. The van der Waals surface area contributed by atoms with Gasteiger partial charge in [0.05, 0.1) is 19.0 Å². The number of aromatic nitrogens is 1. The Morgan fingerprint density at radius 3 is 2.71 bits per heavy atom. The van der Waals surface area contributed by atoms with Crippen LogP contribution in [0.2, 0.25) is 0 Å². The number of nitrogens with zero attached hydrogens (tertiary/aromatic N) is 2. The van der Waals surface area contributed by atoms with Crippen molar-refractivity contribution in [1.29, 1.82) is 0 Å². The van der Waals surface area contributed by atoms with Crippen molar-refractivity contribution in [2.24, 2.45) is 0 Å². The van der Waals surface area contributed by atoms with Crippen LogP contribution in [0.15, 0.2) is 41.2 Å². The summed E-state index contributed by atoms with van der Waals surface area (Å²) in [6.45, 7) is 1.30. The lowest BCUT2D eigenvalue weighted by molar-refractivity contribution is -0.192. The molecule has 2 aliphatic rings. The van der Waals surface area contributed by atoms with Gasteiger partial charge in [-0.2, -0.15) is 24.5 Å². The fraction of sp³-hybridized carbons (Fsp3) is 0.450. The molecule has 4 rings (SSSR count). The average Bonchev–Trinajstić information content (AvgIpc) is 3.37. The Morgan fingerprint density at radius 2 is 2.10 bits per heavy atom. The highest BCUT2D eigenvalue weighted by Gasteiger charge is 2.47. The Bertz CT molecular complexity index is 863. The number of likely N-dealkylation sites (tertiary alicyclic amines) is 1. The molecular formula is C20H21F3N2O5S. The number of carbonyl (C=O) groups is 2. The number of carboxylic acid groups (broad SMARTS) is 1. The summed E-state index contributed by atoms with van der Waals surface area (Å²) in [6.07, 6.45) is -1.18. The summed E-state index contributed by atoms with van der Waals surface area (Å²) >= 11 is 1.62. The molecular weight excluding hydrogens is 437 g/mol. The summed E-state index contributed by atoms with van der Waals surface area (Å²) in [6, 6.07) is 7.72. The van der Waals surface area contributed by atoms with E-state index in [1.807, 2.05) is 39.9 Å². The molecule has 1 N–H and O–H groups in total. The van der Waals surface area contributed by atoms with E-state index in [-0.39, 0.29) is 24.2 Å². The highest BCUT2D eigenvalue weighted by atomic mass is 32.1. The maximum Gasteiger partial charge on any atom is 0.490 e. The van der Waals surface area contributed by atoms with Gasteiger partial charge in [-0.25, -0.2) is 9.78 Å². The van der Waals surface area contributed by atoms with Crippen LogP contribution in [0.4, 0.5) is 13.2 Å². The first-order valence-electron chi connectivity index (χ1n) is 9.55. The molecule has 0 unspecified atom stereocenters. The van der Waals surface area contributed by atoms with E-state index >= 15 is 0 Å². The SMILES string of the molecule is O=C(Cc1ccsc1)N1C[C@H](Oc2ccccn2)[C@H]2OCCC[C@H]21.O=C(O)C(F)(F)F. The molecule has 0 bridgehead atoms. The van der Waals surface area contributed by atoms with E-state index in [4.69, 9.17) is 19.4 Å². The molecule has 2 aromatic heterocycles. The van der Waals surface area contributed by atoms with Crippen LogP contribution in [-0.2, 0) is 20.7 Å². The van der Waals surface area contributed by atoms with Gasteiger partial charge in [-0.15, -0.1) is 0 Å². The normalized spacial score (nSPS) is 22.8. The van der Waals surface area contributed by atoms with Crippen LogP contribution in [0.25, 0.3) is 0 Å². The van der Waals surface area contributed by atoms with Gasteiger partial charge in [-0.1, -0.05) is 6.07 Å². The minimum absolute atomic E-state index is 0.0628. The molecule has 2 saturated heterocycles. The number of carboxylic acids is 1. The minimum Gasteiger partial charge on any atom is -0.475 e. The minimum atomic E-state index is -5.08. The first-order chi connectivity index (χ1) is 14.8. The van der Waals surface area contributed by atoms with Crippen LogP contribution in [0.3, 0.4) is 0 Å². The second kappa shape index (κ2) is 10.1.